The Labute approximate surface area is 93.0 Å². The first-order valence-electron chi connectivity index (χ1n) is 3.90. The van der Waals surface area contributed by atoms with E-state index < -0.39 is 11.1 Å². The van der Waals surface area contributed by atoms with Crippen LogP contribution in [0.25, 0.3) is 11.0 Å². The standard InChI is InChI=1S/C8H5Cl2N3O2/c9-3-1-5-6(2-4(3)10)13(11)8(15)7(14)12-5/h1-2H,11H2,(H,12,14). The molecule has 2 aromatic rings. The molecule has 7 heteroatoms. The normalized spacial score (nSPS) is 10.8. The third-order valence-corrected chi connectivity index (χ3v) is 2.68. The second-order valence-corrected chi connectivity index (χ2v) is 3.73. The van der Waals surface area contributed by atoms with Crippen LogP contribution in [0.3, 0.4) is 0 Å². The van der Waals surface area contributed by atoms with Crippen LogP contribution in [-0.4, -0.2) is 9.66 Å². The number of nitrogens with zero attached hydrogens (tertiary/aromatic N) is 1. The number of fused-ring (bicyclic) bond motifs is 1. The summed E-state index contributed by atoms with van der Waals surface area (Å²) in [5.41, 5.74) is -0.977. The van der Waals surface area contributed by atoms with Crippen LogP contribution < -0.4 is 17.0 Å². The fourth-order valence-corrected chi connectivity index (χ4v) is 1.55. The second kappa shape index (κ2) is 3.29. The average Bonchev–Trinajstić information content (AvgIpc) is 2.19. The Kier molecular flexibility index (Phi) is 2.21. The fraction of sp³-hybridized carbons (Fsp3) is 0. The maximum Gasteiger partial charge on any atom is 0.334 e. The van der Waals surface area contributed by atoms with Crippen molar-refractivity contribution >= 4 is 34.2 Å². The molecule has 0 saturated carbocycles. The summed E-state index contributed by atoms with van der Waals surface area (Å²) in [6.45, 7) is 0. The number of hydrogen-bond donors (Lipinski definition) is 2. The molecule has 0 atom stereocenters. The van der Waals surface area contributed by atoms with Crippen LogP contribution in [0.1, 0.15) is 0 Å². The Morgan fingerprint density at radius 3 is 2.47 bits per heavy atom. The van der Waals surface area contributed by atoms with Gasteiger partial charge in [-0.3, -0.25) is 9.59 Å². The predicted molar refractivity (Wildman–Crippen MR) is 59.0 cm³/mol. The van der Waals surface area contributed by atoms with Crippen molar-refractivity contribution in [2.24, 2.45) is 0 Å². The summed E-state index contributed by atoms with van der Waals surface area (Å²) in [6.07, 6.45) is 0. The van der Waals surface area contributed by atoms with E-state index in [2.05, 4.69) is 4.98 Å². The monoisotopic (exact) mass is 245 g/mol. The van der Waals surface area contributed by atoms with E-state index in [1.165, 1.54) is 12.1 Å². The largest absolute Gasteiger partial charge is 0.336 e. The van der Waals surface area contributed by atoms with E-state index in [0.29, 0.717) is 11.0 Å². The first-order chi connectivity index (χ1) is 7.00. The van der Waals surface area contributed by atoms with Gasteiger partial charge in [-0.05, 0) is 12.1 Å². The molecule has 0 aliphatic rings. The smallest absolute Gasteiger partial charge is 0.334 e. The maximum absolute atomic E-state index is 11.2. The van der Waals surface area contributed by atoms with Crippen LogP contribution in [0.15, 0.2) is 21.7 Å². The van der Waals surface area contributed by atoms with Gasteiger partial charge >= 0.3 is 11.1 Å². The van der Waals surface area contributed by atoms with E-state index in [0.717, 1.165) is 4.68 Å². The van der Waals surface area contributed by atoms with Crippen molar-refractivity contribution in [3.05, 3.63) is 42.9 Å². The molecule has 0 aliphatic heterocycles. The SMILES string of the molecule is Nn1c(=O)c(=O)[nH]c2cc(Cl)c(Cl)cc21. The number of halogens is 2. The van der Waals surface area contributed by atoms with Gasteiger partial charge in [0.25, 0.3) is 0 Å². The van der Waals surface area contributed by atoms with Crippen LogP contribution in [0.4, 0.5) is 0 Å². The van der Waals surface area contributed by atoms with E-state index in [9.17, 15) is 9.59 Å². The highest BCUT2D eigenvalue weighted by atomic mass is 35.5. The maximum atomic E-state index is 11.2. The minimum absolute atomic E-state index is 0.259. The zero-order valence-corrected chi connectivity index (χ0v) is 8.76. The van der Waals surface area contributed by atoms with Crippen molar-refractivity contribution in [1.29, 1.82) is 0 Å². The Bertz CT molecular complexity index is 659. The third kappa shape index (κ3) is 1.49. The van der Waals surface area contributed by atoms with E-state index in [-0.39, 0.29) is 10.0 Å². The lowest BCUT2D eigenvalue weighted by molar-refractivity contribution is 0.942. The molecule has 0 saturated heterocycles. The summed E-state index contributed by atoms with van der Waals surface area (Å²) in [5.74, 6) is 5.42. The fourth-order valence-electron chi connectivity index (χ4n) is 1.23. The zero-order valence-electron chi connectivity index (χ0n) is 7.25. The molecular formula is C8H5Cl2N3O2. The van der Waals surface area contributed by atoms with Gasteiger partial charge in [0.05, 0.1) is 21.1 Å². The summed E-state index contributed by atoms with van der Waals surface area (Å²) in [6, 6.07) is 2.85. The van der Waals surface area contributed by atoms with Crippen LogP contribution in [0, 0.1) is 0 Å². The average molecular weight is 246 g/mol. The van der Waals surface area contributed by atoms with Gasteiger partial charge in [-0.25, -0.2) is 4.68 Å². The van der Waals surface area contributed by atoms with E-state index in [1.807, 2.05) is 0 Å². The van der Waals surface area contributed by atoms with Gasteiger partial charge in [-0.1, -0.05) is 23.2 Å². The Hall–Kier alpha value is -1.46. The highest BCUT2D eigenvalue weighted by molar-refractivity contribution is 6.42. The first-order valence-corrected chi connectivity index (χ1v) is 4.65. The molecule has 0 amide bonds. The van der Waals surface area contributed by atoms with Crippen LogP contribution >= 0.6 is 23.2 Å². The van der Waals surface area contributed by atoms with Crippen LogP contribution in [0.5, 0.6) is 0 Å². The summed E-state index contributed by atoms with van der Waals surface area (Å²) < 4.78 is 0.733. The van der Waals surface area contributed by atoms with Gasteiger partial charge in [0, 0.05) is 0 Å². The number of rotatable bonds is 0. The summed E-state index contributed by atoms with van der Waals surface area (Å²) in [5, 5.41) is 0.535. The molecule has 1 aromatic carbocycles. The molecule has 0 aliphatic carbocycles. The van der Waals surface area contributed by atoms with Crippen LogP contribution in [-0.2, 0) is 0 Å². The lowest BCUT2D eigenvalue weighted by atomic mass is 10.3. The van der Waals surface area contributed by atoms with Crippen molar-refractivity contribution in [3.8, 4) is 0 Å². The van der Waals surface area contributed by atoms with Gasteiger partial charge in [0.15, 0.2) is 0 Å². The number of H-pyrrole nitrogens is 1. The summed E-state index contributed by atoms with van der Waals surface area (Å²) >= 11 is 11.5. The number of aromatic nitrogens is 2. The molecule has 1 aromatic heterocycles. The molecule has 78 valence electrons. The molecule has 2 rings (SSSR count). The minimum Gasteiger partial charge on any atom is -0.336 e. The predicted octanol–water partition coefficient (Wildman–Crippen LogP) is 0.710. The number of aromatic amines is 1. The first kappa shape index (κ1) is 10.1. The topological polar surface area (TPSA) is 80.9 Å². The van der Waals surface area contributed by atoms with Crippen molar-refractivity contribution < 1.29 is 0 Å². The molecule has 15 heavy (non-hydrogen) atoms. The van der Waals surface area contributed by atoms with Gasteiger partial charge in [-0.15, -0.1) is 0 Å². The molecule has 1 heterocycles. The molecule has 0 spiro atoms. The number of nitrogen functional groups attached to an aromatic ring is 1. The van der Waals surface area contributed by atoms with E-state index >= 15 is 0 Å². The van der Waals surface area contributed by atoms with Crippen molar-refractivity contribution in [2.45, 2.75) is 0 Å². The zero-order chi connectivity index (χ0) is 11.2. The number of hydrogen-bond acceptors (Lipinski definition) is 3. The van der Waals surface area contributed by atoms with Gasteiger partial charge in [-0.2, -0.15) is 0 Å². The molecule has 0 radical (unpaired) electrons. The van der Waals surface area contributed by atoms with Gasteiger partial charge in [0.1, 0.15) is 0 Å². The third-order valence-electron chi connectivity index (χ3n) is 1.96. The highest BCUT2D eigenvalue weighted by Gasteiger charge is 2.07. The van der Waals surface area contributed by atoms with E-state index in [1.54, 1.807) is 0 Å². The minimum atomic E-state index is -0.846. The lowest BCUT2D eigenvalue weighted by Gasteiger charge is -2.04. The van der Waals surface area contributed by atoms with Crippen LogP contribution in [0.2, 0.25) is 10.0 Å². The van der Waals surface area contributed by atoms with Gasteiger partial charge < -0.3 is 10.8 Å². The van der Waals surface area contributed by atoms with Crippen molar-refractivity contribution in [1.82, 2.24) is 9.66 Å². The molecule has 5 nitrogen and oxygen atoms in total. The Morgan fingerprint density at radius 2 is 1.80 bits per heavy atom. The van der Waals surface area contributed by atoms with Crippen molar-refractivity contribution in [3.63, 3.8) is 0 Å². The van der Waals surface area contributed by atoms with Gasteiger partial charge in [0.2, 0.25) is 0 Å². The Balaban J connectivity index is 3.06. The number of benzene rings is 1. The van der Waals surface area contributed by atoms with Crippen molar-refractivity contribution in [2.75, 3.05) is 5.84 Å². The molecule has 0 fully saturated rings. The summed E-state index contributed by atoms with van der Waals surface area (Å²) in [7, 11) is 0. The Morgan fingerprint density at radius 1 is 1.20 bits per heavy atom. The molecular weight excluding hydrogens is 241 g/mol. The number of nitrogens with two attached hydrogens (primary N) is 1. The number of nitrogens with one attached hydrogen (secondary N) is 1. The summed E-state index contributed by atoms with van der Waals surface area (Å²) in [4.78, 5) is 24.7. The molecule has 0 bridgehead atoms. The molecule has 0 unspecified atom stereocenters. The highest BCUT2D eigenvalue weighted by Crippen LogP contribution is 2.25. The molecule has 3 N–H and O–H groups in total. The quantitative estimate of drug-likeness (QED) is 0.530. The lowest BCUT2D eigenvalue weighted by Crippen LogP contribution is -2.40. The van der Waals surface area contributed by atoms with E-state index in [4.69, 9.17) is 29.0 Å². The second-order valence-electron chi connectivity index (χ2n) is 2.91.